The van der Waals surface area contributed by atoms with Gasteiger partial charge in [0.25, 0.3) is 11.5 Å². The molecule has 5 rings (SSSR count). The summed E-state index contributed by atoms with van der Waals surface area (Å²) in [6.07, 6.45) is 7.12. The van der Waals surface area contributed by atoms with Crippen molar-refractivity contribution in [1.29, 1.82) is 0 Å². The number of H-pyrrole nitrogens is 1. The van der Waals surface area contributed by atoms with E-state index in [-0.39, 0.29) is 11.5 Å². The Hall–Kier alpha value is -3.39. The first kappa shape index (κ1) is 18.6. The molecule has 0 saturated carbocycles. The minimum Gasteiger partial charge on any atom is -0.339 e. The average molecular weight is 417 g/mol. The highest BCUT2D eigenvalue weighted by atomic mass is 32.1. The molecule has 0 atom stereocenters. The minimum absolute atomic E-state index is 0.0732. The Morgan fingerprint density at radius 3 is 2.73 bits per heavy atom. The third-order valence-corrected chi connectivity index (χ3v) is 6.47. The molecule has 1 N–H and O–H groups in total. The molecule has 0 aromatic carbocycles. The summed E-state index contributed by atoms with van der Waals surface area (Å²) in [4.78, 5) is 43.4. The predicted octanol–water partition coefficient (Wildman–Crippen LogP) is 3.46. The smallest absolute Gasteiger partial charge is 0.269 e. The number of carbonyl (C=O) groups excluding carboxylic acids is 1. The number of pyridine rings is 2. The van der Waals surface area contributed by atoms with Crippen molar-refractivity contribution in [2.24, 2.45) is 0 Å². The molecule has 0 radical (unpaired) electrons. The number of likely N-dealkylation sites (tertiary alicyclic amines) is 1. The largest absolute Gasteiger partial charge is 0.339 e. The van der Waals surface area contributed by atoms with Crippen molar-refractivity contribution in [2.75, 3.05) is 13.1 Å². The van der Waals surface area contributed by atoms with Crippen LogP contribution in [0.3, 0.4) is 0 Å². The van der Waals surface area contributed by atoms with Crippen LogP contribution in [0.4, 0.5) is 0 Å². The number of nitrogens with zero attached hydrogens (tertiary/aromatic N) is 4. The van der Waals surface area contributed by atoms with Gasteiger partial charge in [-0.25, -0.2) is 4.98 Å². The Labute approximate surface area is 176 Å². The summed E-state index contributed by atoms with van der Waals surface area (Å²) in [5, 5.41) is 1.74. The lowest BCUT2D eigenvalue weighted by atomic mass is 9.90. The SMILES string of the molecule is O=C(c1csc2c(=O)[nH]c(-c3ccccn3)nc12)N1CCC(c2cccnc2)CC1. The van der Waals surface area contributed by atoms with Crippen molar-refractivity contribution in [3.63, 3.8) is 0 Å². The number of aromatic nitrogens is 4. The number of thiophene rings is 1. The topological polar surface area (TPSA) is 91.8 Å². The van der Waals surface area contributed by atoms with Crippen LogP contribution >= 0.6 is 11.3 Å². The molecule has 7 nitrogen and oxygen atoms in total. The monoisotopic (exact) mass is 417 g/mol. The van der Waals surface area contributed by atoms with Crippen molar-refractivity contribution in [3.8, 4) is 11.5 Å². The first-order valence-electron chi connectivity index (χ1n) is 9.83. The van der Waals surface area contributed by atoms with E-state index in [0.717, 1.165) is 12.8 Å². The zero-order chi connectivity index (χ0) is 20.5. The Kier molecular flexibility index (Phi) is 4.84. The summed E-state index contributed by atoms with van der Waals surface area (Å²) in [5.74, 6) is 0.713. The van der Waals surface area contributed by atoms with Crippen LogP contribution in [0.2, 0.25) is 0 Å². The molecule has 5 heterocycles. The molecule has 1 aliphatic rings. The molecule has 0 unspecified atom stereocenters. The zero-order valence-corrected chi connectivity index (χ0v) is 16.9. The molecule has 4 aromatic heterocycles. The number of hydrogen-bond acceptors (Lipinski definition) is 6. The van der Waals surface area contributed by atoms with Gasteiger partial charge in [-0.05, 0) is 42.5 Å². The van der Waals surface area contributed by atoms with E-state index >= 15 is 0 Å². The number of carbonyl (C=O) groups is 1. The lowest BCUT2D eigenvalue weighted by molar-refractivity contribution is 0.0715. The van der Waals surface area contributed by atoms with Crippen LogP contribution in [-0.2, 0) is 0 Å². The number of piperidine rings is 1. The van der Waals surface area contributed by atoms with Gasteiger partial charge in [0, 0.05) is 37.1 Å². The summed E-state index contributed by atoms with van der Waals surface area (Å²) in [5.41, 5.74) is 2.47. The molecule has 0 spiro atoms. The number of nitrogens with one attached hydrogen (secondary N) is 1. The van der Waals surface area contributed by atoms with Gasteiger partial charge in [-0.1, -0.05) is 12.1 Å². The summed E-state index contributed by atoms with van der Waals surface area (Å²) >= 11 is 1.25. The van der Waals surface area contributed by atoms with Crippen molar-refractivity contribution in [2.45, 2.75) is 18.8 Å². The maximum atomic E-state index is 13.2. The molecule has 0 aliphatic carbocycles. The third kappa shape index (κ3) is 3.39. The Morgan fingerprint density at radius 1 is 1.13 bits per heavy atom. The van der Waals surface area contributed by atoms with E-state index in [1.165, 1.54) is 16.9 Å². The average Bonchev–Trinajstić information content (AvgIpc) is 3.24. The first-order chi connectivity index (χ1) is 14.7. The number of amides is 1. The van der Waals surface area contributed by atoms with Gasteiger partial charge in [0.05, 0.1) is 5.56 Å². The van der Waals surface area contributed by atoms with Gasteiger partial charge >= 0.3 is 0 Å². The second kappa shape index (κ2) is 7.79. The number of fused-ring (bicyclic) bond motifs is 1. The van der Waals surface area contributed by atoms with E-state index in [0.29, 0.717) is 46.3 Å². The van der Waals surface area contributed by atoms with Gasteiger partial charge in [0.1, 0.15) is 15.9 Å². The van der Waals surface area contributed by atoms with Crippen molar-refractivity contribution >= 4 is 27.5 Å². The summed E-state index contributed by atoms with van der Waals surface area (Å²) in [6, 6.07) is 9.46. The number of rotatable bonds is 3. The third-order valence-electron chi connectivity index (χ3n) is 5.50. The Bertz CT molecular complexity index is 1250. The fourth-order valence-corrected chi connectivity index (χ4v) is 4.78. The summed E-state index contributed by atoms with van der Waals surface area (Å²) in [6.45, 7) is 1.35. The van der Waals surface area contributed by atoms with Gasteiger partial charge in [-0.15, -0.1) is 11.3 Å². The van der Waals surface area contributed by atoms with Gasteiger partial charge in [0.2, 0.25) is 0 Å². The Balaban J connectivity index is 1.42. The van der Waals surface area contributed by atoms with E-state index < -0.39 is 0 Å². The molecule has 0 bridgehead atoms. The van der Waals surface area contributed by atoms with Gasteiger partial charge < -0.3 is 9.88 Å². The van der Waals surface area contributed by atoms with Crippen LogP contribution in [-0.4, -0.2) is 43.8 Å². The maximum Gasteiger partial charge on any atom is 0.269 e. The van der Waals surface area contributed by atoms with E-state index in [1.807, 2.05) is 23.2 Å². The predicted molar refractivity (Wildman–Crippen MR) is 116 cm³/mol. The fourth-order valence-electron chi connectivity index (χ4n) is 3.91. The second-order valence-electron chi connectivity index (χ2n) is 7.31. The highest BCUT2D eigenvalue weighted by molar-refractivity contribution is 7.17. The van der Waals surface area contributed by atoms with Crippen molar-refractivity contribution in [3.05, 3.63) is 75.8 Å². The normalized spacial score (nSPS) is 14.9. The molecule has 1 aliphatic heterocycles. The highest BCUT2D eigenvalue weighted by Crippen LogP contribution is 2.30. The van der Waals surface area contributed by atoms with Crippen molar-refractivity contribution < 1.29 is 4.79 Å². The van der Waals surface area contributed by atoms with Crippen LogP contribution in [0.1, 0.15) is 34.7 Å². The van der Waals surface area contributed by atoms with E-state index in [9.17, 15) is 9.59 Å². The van der Waals surface area contributed by atoms with E-state index in [2.05, 4.69) is 26.0 Å². The molecule has 1 amide bonds. The lowest BCUT2D eigenvalue weighted by Crippen LogP contribution is -2.37. The standard InChI is InChI=1S/C22H19N5O2S/c28-21-19-18(25-20(26-21)17-5-1-2-9-24-17)16(13-30-19)22(29)27-10-6-14(7-11-27)15-4-3-8-23-12-15/h1-5,8-9,12-14H,6-7,10-11H2,(H,25,26,28). The molecular formula is C22H19N5O2S. The maximum absolute atomic E-state index is 13.2. The molecular weight excluding hydrogens is 398 g/mol. The molecule has 150 valence electrons. The minimum atomic E-state index is -0.250. The van der Waals surface area contributed by atoms with Gasteiger partial charge in [-0.2, -0.15) is 0 Å². The van der Waals surface area contributed by atoms with Crippen LogP contribution < -0.4 is 5.56 Å². The van der Waals surface area contributed by atoms with Crippen LogP contribution in [0.25, 0.3) is 21.7 Å². The molecule has 4 aromatic rings. The fraction of sp³-hybridized carbons (Fsp3) is 0.227. The Morgan fingerprint density at radius 2 is 2.00 bits per heavy atom. The number of hydrogen-bond donors (Lipinski definition) is 1. The molecule has 1 fully saturated rings. The van der Waals surface area contributed by atoms with Crippen molar-refractivity contribution in [1.82, 2.24) is 24.8 Å². The summed E-state index contributed by atoms with van der Waals surface area (Å²) in [7, 11) is 0. The van der Waals surface area contributed by atoms with Crippen LogP contribution in [0.15, 0.2) is 59.1 Å². The van der Waals surface area contributed by atoms with Crippen LogP contribution in [0, 0.1) is 0 Å². The summed E-state index contributed by atoms with van der Waals surface area (Å²) < 4.78 is 0.461. The van der Waals surface area contributed by atoms with Gasteiger partial charge in [-0.3, -0.25) is 19.6 Å². The van der Waals surface area contributed by atoms with Gasteiger partial charge in [0.15, 0.2) is 5.82 Å². The molecule has 30 heavy (non-hydrogen) atoms. The molecule has 8 heteroatoms. The van der Waals surface area contributed by atoms with E-state index in [4.69, 9.17) is 0 Å². The lowest BCUT2D eigenvalue weighted by Gasteiger charge is -2.32. The van der Waals surface area contributed by atoms with Crippen LogP contribution in [0.5, 0.6) is 0 Å². The second-order valence-corrected chi connectivity index (χ2v) is 8.19. The van der Waals surface area contributed by atoms with E-state index in [1.54, 1.807) is 29.9 Å². The highest BCUT2D eigenvalue weighted by Gasteiger charge is 2.27. The quantitative estimate of drug-likeness (QED) is 0.551. The molecule has 1 saturated heterocycles. The number of aromatic amines is 1. The zero-order valence-electron chi connectivity index (χ0n) is 16.1. The first-order valence-corrected chi connectivity index (χ1v) is 10.7.